The van der Waals surface area contributed by atoms with Crippen LogP contribution in [0.25, 0.3) is 88.7 Å². The zero-order valence-electron chi connectivity index (χ0n) is 38.3. The highest BCUT2D eigenvalue weighted by molar-refractivity contribution is 6.07. The Bertz CT molecular complexity index is 3600. The normalized spacial score (nSPS) is 12.4. The molecular formula is C67H49N. The van der Waals surface area contributed by atoms with E-state index in [1.54, 1.807) is 0 Å². The second-order valence-electron chi connectivity index (χ2n) is 18.4. The highest BCUT2D eigenvalue weighted by Crippen LogP contribution is 2.54. The SMILES string of the molecule is CC1(C)c2ccccc2-c2c(-c3ccccc3N(c3ccc(-c4ccc(-c5ccccc5)c(-c5ccccc5)c4)cc3)c3ccc(-c4cccc5cccc(-c6ccccc6)c45)cc3)cccc21. The summed E-state index contributed by atoms with van der Waals surface area (Å²) in [6.45, 7) is 4.72. The summed E-state index contributed by atoms with van der Waals surface area (Å²) in [5.41, 5.74) is 23.1. The third kappa shape index (κ3) is 7.12. The van der Waals surface area contributed by atoms with Crippen LogP contribution in [0.2, 0.25) is 0 Å². The monoisotopic (exact) mass is 867 g/mol. The van der Waals surface area contributed by atoms with E-state index in [4.69, 9.17) is 0 Å². The van der Waals surface area contributed by atoms with Crippen LogP contribution in [0.15, 0.2) is 261 Å². The van der Waals surface area contributed by atoms with Crippen LogP contribution in [0.5, 0.6) is 0 Å². The number of nitrogens with zero attached hydrogens (tertiary/aromatic N) is 1. The highest BCUT2D eigenvalue weighted by atomic mass is 15.1. The Morgan fingerprint density at radius 3 is 1.35 bits per heavy atom. The minimum atomic E-state index is -0.107. The predicted octanol–water partition coefficient (Wildman–Crippen LogP) is 18.6. The Balaban J connectivity index is 1.00. The van der Waals surface area contributed by atoms with Crippen molar-refractivity contribution in [2.24, 2.45) is 0 Å². The molecule has 0 spiro atoms. The van der Waals surface area contributed by atoms with E-state index in [0.717, 1.165) is 17.1 Å². The maximum Gasteiger partial charge on any atom is 0.0540 e. The van der Waals surface area contributed by atoms with Crippen LogP contribution in [-0.4, -0.2) is 0 Å². The lowest BCUT2D eigenvalue weighted by Gasteiger charge is -2.29. The van der Waals surface area contributed by atoms with Crippen molar-refractivity contribution in [3.05, 3.63) is 272 Å². The smallest absolute Gasteiger partial charge is 0.0540 e. The van der Waals surface area contributed by atoms with E-state index in [9.17, 15) is 0 Å². The van der Waals surface area contributed by atoms with Gasteiger partial charge >= 0.3 is 0 Å². The molecular weight excluding hydrogens is 819 g/mol. The summed E-state index contributed by atoms with van der Waals surface area (Å²) in [7, 11) is 0. The molecule has 0 N–H and O–H groups in total. The Hall–Kier alpha value is -8.52. The molecule has 0 unspecified atom stereocenters. The van der Waals surface area contributed by atoms with Gasteiger partial charge in [0, 0.05) is 22.4 Å². The summed E-state index contributed by atoms with van der Waals surface area (Å²) in [5.74, 6) is 0. The zero-order chi connectivity index (χ0) is 45.6. The van der Waals surface area contributed by atoms with Gasteiger partial charge in [0.25, 0.3) is 0 Å². The first kappa shape index (κ1) is 40.9. The molecule has 11 aromatic carbocycles. The molecule has 1 aliphatic carbocycles. The lowest BCUT2D eigenvalue weighted by Crippen LogP contribution is -2.14. The van der Waals surface area contributed by atoms with Crippen molar-refractivity contribution >= 4 is 27.8 Å². The van der Waals surface area contributed by atoms with E-state index < -0.39 is 0 Å². The fraction of sp³-hybridized carbons (Fsp3) is 0.0448. The molecule has 0 bridgehead atoms. The van der Waals surface area contributed by atoms with E-state index in [2.05, 4.69) is 280 Å². The molecule has 322 valence electrons. The maximum absolute atomic E-state index is 2.45. The molecule has 0 amide bonds. The topological polar surface area (TPSA) is 3.24 Å². The first-order valence-electron chi connectivity index (χ1n) is 23.7. The second-order valence-corrected chi connectivity index (χ2v) is 18.4. The Kier molecular flexibility index (Phi) is 10.3. The first-order valence-corrected chi connectivity index (χ1v) is 23.7. The number of hydrogen-bond acceptors (Lipinski definition) is 1. The largest absolute Gasteiger partial charge is 0.310 e. The van der Waals surface area contributed by atoms with Crippen molar-refractivity contribution in [3.8, 4) is 77.9 Å². The Morgan fingerprint density at radius 1 is 0.279 bits per heavy atom. The van der Waals surface area contributed by atoms with Gasteiger partial charge in [-0.25, -0.2) is 0 Å². The van der Waals surface area contributed by atoms with Crippen LogP contribution >= 0.6 is 0 Å². The van der Waals surface area contributed by atoms with Gasteiger partial charge in [-0.05, 0) is 131 Å². The van der Waals surface area contributed by atoms with Crippen molar-refractivity contribution in [3.63, 3.8) is 0 Å². The summed E-state index contributed by atoms with van der Waals surface area (Å²) in [5, 5.41) is 2.49. The molecule has 0 saturated heterocycles. The summed E-state index contributed by atoms with van der Waals surface area (Å²) in [6.07, 6.45) is 0. The van der Waals surface area contributed by atoms with E-state index in [1.165, 1.54) is 99.8 Å². The summed E-state index contributed by atoms with van der Waals surface area (Å²) >= 11 is 0. The quantitative estimate of drug-likeness (QED) is 0.140. The van der Waals surface area contributed by atoms with Crippen molar-refractivity contribution in [1.82, 2.24) is 0 Å². The molecule has 0 aromatic heterocycles. The third-order valence-electron chi connectivity index (χ3n) is 14.1. The van der Waals surface area contributed by atoms with Crippen molar-refractivity contribution in [2.75, 3.05) is 4.90 Å². The van der Waals surface area contributed by atoms with Gasteiger partial charge in [0.15, 0.2) is 0 Å². The minimum Gasteiger partial charge on any atom is -0.310 e. The molecule has 12 rings (SSSR count). The van der Waals surface area contributed by atoms with Gasteiger partial charge in [0.05, 0.1) is 5.69 Å². The third-order valence-corrected chi connectivity index (χ3v) is 14.1. The van der Waals surface area contributed by atoms with Crippen LogP contribution in [0.4, 0.5) is 17.1 Å². The molecule has 1 heteroatoms. The molecule has 1 aliphatic rings. The van der Waals surface area contributed by atoms with E-state index in [0.29, 0.717) is 0 Å². The van der Waals surface area contributed by atoms with Gasteiger partial charge in [-0.15, -0.1) is 0 Å². The number of rotatable bonds is 9. The van der Waals surface area contributed by atoms with Crippen molar-refractivity contribution in [1.29, 1.82) is 0 Å². The van der Waals surface area contributed by atoms with Gasteiger partial charge in [0.1, 0.15) is 0 Å². The average molecular weight is 868 g/mol. The van der Waals surface area contributed by atoms with Gasteiger partial charge in [0.2, 0.25) is 0 Å². The number of benzene rings is 11. The molecule has 0 saturated carbocycles. The molecule has 0 fully saturated rings. The van der Waals surface area contributed by atoms with Gasteiger partial charge < -0.3 is 4.90 Å². The Morgan fingerprint density at radius 2 is 0.721 bits per heavy atom. The summed E-state index contributed by atoms with van der Waals surface area (Å²) in [6, 6.07) is 95.5. The number of anilines is 3. The molecule has 1 nitrogen and oxygen atoms in total. The number of para-hydroxylation sites is 1. The number of hydrogen-bond donors (Lipinski definition) is 0. The lowest BCUT2D eigenvalue weighted by molar-refractivity contribution is 0.660. The summed E-state index contributed by atoms with van der Waals surface area (Å²) in [4.78, 5) is 2.45. The van der Waals surface area contributed by atoms with E-state index >= 15 is 0 Å². The predicted molar refractivity (Wildman–Crippen MR) is 289 cm³/mol. The van der Waals surface area contributed by atoms with Gasteiger partial charge in [-0.1, -0.05) is 238 Å². The standard InChI is InChI=1S/C67H49N/c1-67(2)62-32-14-12-28-60(62)66-59(31-18-33-63(66)67)58-27-13-15-34-64(58)68(54-42-37-50(38-43-54)57-30-17-26-51-25-16-29-56(65(51)57)48-21-8-4-9-22-48)53-40-35-46(36-41-53)52-39-44-55(47-19-6-3-7-20-47)61(45-52)49-23-10-5-11-24-49/h3-45H,1-2H3. The molecule has 68 heavy (non-hydrogen) atoms. The van der Waals surface area contributed by atoms with Crippen molar-refractivity contribution < 1.29 is 0 Å². The molecule has 11 aromatic rings. The fourth-order valence-electron chi connectivity index (χ4n) is 10.8. The molecule has 0 heterocycles. The van der Waals surface area contributed by atoms with Crippen LogP contribution in [0, 0.1) is 0 Å². The molecule has 0 atom stereocenters. The first-order chi connectivity index (χ1) is 33.5. The Labute approximate surface area is 399 Å². The van der Waals surface area contributed by atoms with Crippen LogP contribution in [0.3, 0.4) is 0 Å². The van der Waals surface area contributed by atoms with Gasteiger partial charge in [-0.3, -0.25) is 0 Å². The zero-order valence-corrected chi connectivity index (χ0v) is 38.3. The number of fused-ring (bicyclic) bond motifs is 4. The van der Waals surface area contributed by atoms with Crippen LogP contribution in [-0.2, 0) is 5.41 Å². The lowest BCUT2D eigenvalue weighted by atomic mass is 9.82. The van der Waals surface area contributed by atoms with E-state index in [-0.39, 0.29) is 5.41 Å². The fourth-order valence-corrected chi connectivity index (χ4v) is 10.8. The van der Waals surface area contributed by atoms with Gasteiger partial charge in [-0.2, -0.15) is 0 Å². The maximum atomic E-state index is 2.45. The van der Waals surface area contributed by atoms with Crippen LogP contribution in [0.1, 0.15) is 25.0 Å². The minimum absolute atomic E-state index is 0.107. The van der Waals surface area contributed by atoms with E-state index in [1.807, 2.05) is 0 Å². The summed E-state index contributed by atoms with van der Waals surface area (Å²) < 4.78 is 0. The van der Waals surface area contributed by atoms with Crippen LogP contribution < -0.4 is 4.90 Å². The molecule has 0 aliphatic heterocycles. The second kappa shape index (κ2) is 17.0. The molecule has 0 radical (unpaired) electrons. The van der Waals surface area contributed by atoms with Crippen molar-refractivity contribution in [2.45, 2.75) is 19.3 Å². The average Bonchev–Trinajstić information content (AvgIpc) is 3.65. The highest BCUT2D eigenvalue weighted by Gasteiger charge is 2.37.